The molecule has 0 atom stereocenters. The van der Waals surface area contributed by atoms with Gasteiger partial charge in [0.15, 0.2) is 9.47 Å². The number of hydrogen-bond acceptors (Lipinski definition) is 6. The molecular weight excluding hydrogens is 406 g/mol. The third-order valence-electron chi connectivity index (χ3n) is 3.47. The van der Waals surface area contributed by atoms with E-state index in [-0.39, 0.29) is 11.3 Å². The lowest BCUT2D eigenvalue weighted by atomic mass is 9.93. The number of halogens is 1. The van der Waals surface area contributed by atoms with Crippen LogP contribution in [0.4, 0.5) is 5.13 Å². The number of anilines is 1. The van der Waals surface area contributed by atoms with Crippen molar-refractivity contribution in [3.8, 4) is 11.3 Å². The number of hydrogen-bond donors (Lipinski definition) is 1. The highest BCUT2D eigenvalue weighted by Crippen LogP contribution is 2.30. The number of benzene rings is 1. The highest BCUT2D eigenvalue weighted by molar-refractivity contribution is 8.01. The number of carbonyl (C=O) groups excluding carboxylic acids is 1. The SMILES string of the molecule is CC(C)(C)c1csc(SCC(=O)Nc2nc(-c3ccc(Cl)cc3)cs2)n1. The summed E-state index contributed by atoms with van der Waals surface area (Å²) in [6.07, 6.45) is 0. The first-order chi connectivity index (χ1) is 12.3. The minimum absolute atomic E-state index is 0.0243. The maximum absolute atomic E-state index is 12.2. The summed E-state index contributed by atoms with van der Waals surface area (Å²) in [4.78, 5) is 21.2. The average Bonchev–Trinajstić information content (AvgIpc) is 3.22. The van der Waals surface area contributed by atoms with Crippen LogP contribution in [0.3, 0.4) is 0 Å². The van der Waals surface area contributed by atoms with Crippen LogP contribution >= 0.6 is 46.0 Å². The molecule has 0 spiro atoms. The molecule has 26 heavy (non-hydrogen) atoms. The molecular formula is C18H18ClN3OS3. The number of thiazole rings is 2. The van der Waals surface area contributed by atoms with Crippen molar-refractivity contribution >= 4 is 57.1 Å². The van der Waals surface area contributed by atoms with Gasteiger partial charge in [0.05, 0.1) is 17.1 Å². The molecule has 0 fully saturated rings. The molecule has 4 nitrogen and oxygen atoms in total. The first-order valence-electron chi connectivity index (χ1n) is 7.91. The molecule has 1 amide bonds. The summed E-state index contributed by atoms with van der Waals surface area (Å²) in [5.41, 5.74) is 2.87. The second-order valence-electron chi connectivity index (χ2n) is 6.63. The summed E-state index contributed by atoms with van der Waals surface area (Å²) >= 11 is 10.3. The van der Waals surface area contributed by atoms with Crippen LogP contribution in [-0.4, -0.2) is 21.6 Å². The van der Waals surface area contributed by atoms with E-state index in [9.17, 15) is 4.79 Å². The second-order valence-corrected chi connectivity index (χ2v) is 10.0. The summed E-state index contributed by atoms with van der Waals surface area (Å²) in [5, 5.41) is 8.10. The van der Waals surface area contributed by atoms with Crippen molar-refractivity contribution in [1.82, 2.24) is 9.97 Å². The summed E-state index contributed by atoms with van der Waals surface area (Å²) in [6, 6.07) is 7.47. The number of aromatic nitrogens is 2. The van der Waals surface area contributed by atoms with Gasteiger partial charge in [-0.15, -0.1) is 22.7 Å². The molecule has 2 heterocycles. The van der Waals surface area contributed by atoms with Crippen molar-refractivity contribution in [3.05, 3.63) is 45.7 Å². The van der Waals surface area contributed by atoms with Gasteiger partial charge in [0.25, 0.3) is 0 Å². The Morgan fingerprint density at radius 1 is 1.15 bits per heavy atom. The number of nitrogens with zero attached hydrogens (tertiary/aromatic N) is 2. The van der Waals surface area contributed by atoms with Gasteiger partial charge in [0.1, 0.15) is 0 Å². The fourth-order valence-corrected chi connectivity index (χ4v) is 4.75. The predicted molar refractivity (Wildman–Crippen MR) is 113 cm³/mol. The lowest BCUT2D eigenvalue weighted by Gasteiger charge is -2.14. The molecule has 0 aliphatic heterocycles. The number of thioether (sulfide) groups is 1. The van der Waals surface area contributed by atoms with E-state index in [1.165, 1.54) is 23.1 Å². The van der Waals surface area contributed by atoms with Crippen molar-refractivity contribution in [1.29, 1.82) is 0 Å². The van der Waals surface area contributed by atoms with Gasteiger partial charge in [-0.1, -0.05) is 56.3 Å². The Labute approximate surface area is 170 Å². The van der Waals surface area contributed by atoms with Crippen LogP contribution < -0.4 is 5.32 Å². The standard InChI is InChI=1S/C18H18ClN3OS3/c1-18(2,3)14-9-25-17(21-14)26-10-15(23)22-16-20-13(8-24-16)11-4-6-12(19)7-5-11/h4-9H,10H2,1-3H3,(H,20,22,23). The Kier molecular flexibility index (Phi) is 6.02. The van der Waals surface area contributed by atoms with Crippen LogP contribution in [0.5, 0.6) is 0 Å². The molecule has 3 aromatic rings. The molecule has 8 heteroatoms. The van der Waals surface area contributed by atoms with Crippen LogP contribution in [0.15, 0.2) is 39.4 Å². The van der Waals surface area contributed by atoms with E-state index >= 15 is 0 Å². The van der Waals surface area contributed by atoms with Crippen LogP contribution in [0.2, 0.25) is 5.02 Å². The van der Waals surface area contributed by atoms with Crippen molar-refractivity contribution in [2.45, 2.75) is 30.5 Å². The fraction of sp³-hybridized carbons (Fsp3) is 0.278. The lowest BCUT2D eigenvalue weighted by Crippen LogP contribution is -2.14. The van der Waals surface area contributed by atoms with Crippen LogP contribution in [0.25, 0.3) is 11.3 Å². The van der Waals surface area contributed by atoms with E-state index in [1.54, 1.807) is 11.3 Å². The van der Waals surface area contributed by atoms with Crippen LogP contribution in [0, 0.1) is 0 Å². The zero-order valence-electron chi connectivity index (χ0n) is 14.6. The smallest absolute Gasteiger partial charge is 0.236 e. The van der Waals surface area contributed by atoms with Gasteiger partial charge >= 0.3 is 0 Å². The topological polar surface area (TPSA) is 54.9 Å². The van der Waals surface area contributed by atoms with Crippen molar-refractivity contribution in [2.24, 2.45) is 0 Å². The molecule has 2 aromatic heterocycles. The van der Waals surface area contributed by atoms with Gasteiger partial charge in [-0.25, -0.2) is 9.97 Å². The van der Waals surface area contributed by atoms with Gasteiger partial charge in [-0.05, 0) is 12.1 Å². The maximum Gasteiger partial charge on any atom is 0.236 e. The zero-order chi connectivity index (χ0) is 18.7. The molecule has 0 radical (unpaired) electrons. The van der Waals surface area contributed by atoms with Crippen molar-refractivity contribution in [3.63, 3.8) is 0 Å². The Morgan fingerprint density at radius 3 is 2.54 bits per heavy atom. The van der Waals surface area contributed by atoms with Crippen LogP contribution in [-0.2, 0) is 10.2 Å². The third-order valence-corrected chi connectivity index (χ3v) is 6.50. The van der Waals surface area contributed by atoms with E-state index in [4.69, 9.17) is 11.6 Å². The molecule has 0 unspecified atom stereocenters. The van der Waals surface area contributed by atoms with E-state index in [0.29, 0.717) is 15.9 Å². The Morgan fingerprint density at radius 2 is 1.88 bits per heavy atom. The van der Waals surface area contributed by atoms with Crippen molar-refractivity contribution in [2.75, 3.05) is 11.1 Å². The molecule has 0 bridgehead atoms. The van der Waals surface area contributed by atoms with Gasteiger partial charge in [-0.2, -0.15) is 0 Å². The minimum Gasteiger partial charge on any atom is -0.301 e. The van der Waals surface area contributed by atoms with Gasteiger partial charge in [0.2, 0.25) is 5.91 Å². The number of amides is 1. The summed E-state index contributed by atoms with van der Waals surface area (Å²) in [6.45, 7) is 6.39. The Hall–Kier alpha value is -1.41. The Balaban J connectivity index is 1.55. The van der Waals surface area contributed by atoms with E-state index < -0.39 is 0 Å². The summed E-state index contributed by atoms with van der Waals surface area (Å²) in [5.74, 6) is 0.229. The predicted octanol–water partition coefficient (Wildman–Crippen LogP) is 5.95. The average molecular weight is 424 g/mol. The second kappa shape index (κ2) is 8.08. The fourth-order valence-electron chi connectivity index (χ4n) is 2.04. The monoisotopic (exact) mass is 423 g/mol. The van der Waals surface area contributed by atoms with Gasteiger partial charge < -0.3 is 5.32 Å². The normalized spacial score (nSPS) is 11.5. The van der Waals surface area contributed by atoms with E-state index in [1.807, 2.05) is 29.6 Å². The first-order valence-corrected chi connectivity index (χ1v) is 11.0. The maximum atomic E-state index is 12.2. The first kappa shape index (κ1) is 19.4. The highest BCUT2D eigenvalue weighted by Gasteiger charge is 2.18. The Bertz CT molecular complexity index is 897. The summed E-state index contributed by atoms with van der Waals surface area (Å²) < 4.78 is 0.908. The lowest BCUT2D eigenvalue weighted by molar-refractivity contribution is -0.113. The molecule has 1 aromatic carbocycles. The molecule has 0 aliphatic rings. The zero-order valence-corrected chi connectivity index (χ0v) is 17.8. The number of nitrogens with one attached hydrogen (secondary N) is 1. The van der Waals surface area contributed by atoms with E-state index in [2.05, 4.69) is 41.4 Å². The molecule has 0 saturated heterocycles. The van der Waals surface area contributed by atoms with Gasteiger partial charge in [-0.3, -0.25) is 4.79 Å². The molecule has 3 rings (SSSR count). The molecule has 0 saturated carbocycles. The third kappa shape index (κ3) is 5.07. The molecule has 0 aliphatic carbocycles. The largest absolute Gasteiger partial charge is 0.301 e. The minimum atomic E-state index is -0.0838. The molecule has 1 N–H and O–H groups in total. The number of rotatable bonds is 5. The highest BCUT2D eigenvalue weighted by atomic mass is 35.5. The van der Waals surface area contributed by atoms with E-state index in [0.717, 1.165) is 21.3 Å². The van der Waals surface area contributed by atoms with Crippen LogP contribution in [0.1, 0.15) is 26.5 Å². The molecule has 136 valence electrons. The van der Waals surface area contributed by atoms with Gasteiger partial charge in [0, 0.05) is 26.8 Å². The number of carbonyl (C=O) groups is 1. The quantitative estimate of drug-likeness (QED) is 0.515. The van der Waals surface area contributed by atoms with Crippen molar-refractivity contribution < 1.29 is 4.79 Å². The summed E-state index contributed by atoms with van der Waals surface area (Å²) in [7, 11) is 0.